The van der Waals surface area contributed by atoms with Crippen molar-refractivity contribution in [3.8, 4) is 0 Å². The second-order valence-corrected chi connectivity index (χ2v) is 2.91. The van der Waals surface area contributed by atoms with Gasteiger partial charge in [0, 0.05) is 31.6 Å². The van der Waals surface area contributed by atoms with E-state index in [0.29, 0.717) is 0 Å². The van der Waals surface area contributed by atoms with Crippen LogP contribution in [0.25, 0.3) is 0 Å². The van der Waals surface area contributed by atoms with Gasteiger partial charge in [-0.3, -0.25) is 4.99 Å². The molecule has 1 aliphatic rings. The van der Waals surface area contributed by atoms with Crippen molar-refractivity contribution in [2.45, 2.75) is 25.4 Å². The number of nitrogens with zero attached hydrogens (tertiary/aromatic N) is 1. The Morgan fingerprint density at radius 3 is 2.92 bits per heavy atom. The van der Waals surface area contributed by atoms with Crippen LogP contribution in [0.3, 0.4) is 0 Å². The minimum atomic E-state index is 0.174. The molecule has 2 N–H and O–H groups in total. The standard InChI is InChI=1S/C9H16N2O/c1-11-7-8(6-10)9-4-2-3-5-12-9/h6-7,9H,2-5,10H2,1H3/b8-6+,11-7?/t9-/m0/s1. The molecule has 0 aromatic carbocycles. The van der Waals surface area contributed by atoms with Crippen LogP contribution >= 0.6 is 0 Å². The lowest BCUT2D eigenvalue weighted by Gasteiger charge is -2.22. The number of ether oxygens (including phenoxy) is 1. The van der Waals surface area contributed by atoms with Gasteiger partial charge in [0.1, 0.15) is 0 Å². The molecule has 0 aromatic heterocycles. The van der Waals surface area contributed by atoms with Gasteiger partial charge in [-0.25, -0.2) is 0 Å². The van der Waals surface area contributed by atoms with E-state index in [4.69, 9.17) is 10.5 Å². The molecule has 1 fully saturated rings. The highest BCUT2D eigenvalue weighted by Crippen LogP contribution is 2.17. The Morgan fingerprint density at radius 2 is 2.42 bits per heavy atom. The number of rotatable bonds is 2. The van der Waals surface area contributed by atoms with Crippen molar-refractivity contribution >= 4 is 6.21 Å². The van der Waals surface area contributed by atoms with Crippen LogP contribution in [0.15, 0.2) is 16.8 Å². The molecule has 0 bridgehead atoms. The van der Waals surface area contributed by atoms with Crippen molar-refractivity contribution < 1.29 is 4.74 Å². The summed E-state index contributed by atoms with van der Waals surface area (Å²) in [5.74, 6) is 0. The maximum absolute atomic E-state index is 5.54. The molecule has 0 aliphatic carbocycles. The number of hydrogen-bond acceptors (Lipinski definition) is 3. The molecule has 0 aromatic rings. The molecule has 0 radical (unpaired) electrons. The Bertz CT molecular complexity index is 181. The summed E-state index contributed by atoms with van der Waals surface area (Å²) in [4.78, 5) is 3.93. The van der Waals surface area contributed by atoms with Gasteiger partial charge in [0.25, 0.3) is 0 Å². The molecule has 0 spiro atoms. The molecule has 1 saturated heterocycles. The van der Waals surface area contributed by atoms with Gasteiger partial charge in [-0.1, -0.05) is 0 Å². The van der Waals surface area contributed by atoms with Crippen LogP contribution in [0.4, 0.5) is 0 Å². The minimum Gasteiger partial charge on any atom is -0.404 e. The highest BCUT2D eigenvalue weighted by Gasteiger charge is 2.16. The normalized spacial score (nSPS) is 26.4. The number of aliphatic imine (C=N–C) groups is 1. The first kappa shape index (κ1) is 9.26. The Kier molecular flexibility index (Phi) is 3.80. The minimum absolute atomic E-state index is 0.174. The fraction of sp³-hybridized carbons (Fsp3) is 0.667. The second-order valence-electron chi connectivity index (χ2n) is 2.91. The highest BCUT2D eigenvalue weighted by atomic mass is 16.5. The van der Waals surface area contributed by atoms with E-state index in [9.17, 15) is 0 Å². The predicted molar refractivity (Wildman–Crippen MR) is 50.3 cm³/mol. The van der Waals surface area contributed by atoms with Crippen molar-refractivity contribution in [2.75, 3.05) is 13.7 Å². The van der Waals surface area contributed by atoms with E-state index in [1.807, 2.05) is 0 Å². The second kappa shape index (κ2) is 4.93. The van der Waals surface area contributed by atoms with Gasteiger partial charge >= 0.3 is 0 Å². The van der Waals surface area contributed by atoms with E-state index in [0.717, 1.165) is 25.0 Å². The predicted octanol–water partition coefficient (Wildman–Crippen LogP) is 1.10. The molecule has 1 rings (SSSR count). The molecule has 12 heavy (non-hydrogen) atoms. The lowest BCUT2D eigenvalue weighted by Crippen LogP contribution is -2.22. The van der Waals surface area contributed by atoms with Crippen LogP contribution in [-0.4, -0.2) is 26.0 Å². The third kappa shape index (κ3) is 2.34. The Labute approximate surface area is 73.3 Å². The molecule has 0 unspecified atom stereocenters. The largest absolute Gasteiger partial charge is 0.404 e. The molecular formula is C9H16N2O. The Morgan fingerprint density at radius 1 is 1.58 bits per heavy atom. The molecule has 1 heterocycles. The molecular weight excluding hydrogens is 152 g/mol. The molecule has 1 aliphatic heterocycles. The van der Waals surface area contributed by atoms with Crippen molar-refractivity contribution in [1.29, 1.82) is 0 Å². The maximum atomic E-state index is 5.54. The van der Waals surface area contributed by atoms with Crippen molar-refractivity contribution in [2.24, 2.45) is 10.7 Å². The zero-order chi connectivity index (χ0) is 8.81. The first-order valence-electron chi connectivity index (χ1n) is 4.34. The van der Waals surface area contributed by atoms with Crippen molar-refractivity contribution in [3.63, 3.8) is 0 Å². The van der Waals surface area contributed by atoms with Gasteiger partial charge in [0.15, 0.2) is 0 Å². The SMILES string of the molecule is CN=C/C(=C\N)[C@@H]1CCCCO1. The molecule has 3 nitrogen and oxygen atoms in total. The quantitative estimate of drug-likeness (QED) is 0.627. The average molecular weight is 168 g/mol. The van der Waals surface area contributed by atoms with Gasteiger partial charge in [-0.15, -0.1) is 0 Å². The highest BCUT2D eigenvalue weighted by molar-refractivity contribution is 5.79. The van der Waals surface area contributed by atoms with E-state index in [1.54, 1.807) is 19.5 Å². The molecule has 0 saturated carbocycles. The van der Waals surface area contributed by atoms with Gasteiger partial charge in [0.05, 0.1) is 6.10 Å². The zero-order valence-electron chi connectivity index (χ0n) is 7.49. The Hall–Kier alpha value is -0.830. The summed E-state index contributed by atoms with van der Waals surface area (Å²) in [5.41, 5.74) is 6.45. The lowest BCUT2D eigenvalue weighted by atomic mass is 10.0. The van der Waals surface area contributed by atoms with Gasteiger partial charge < -0.3 is 10.5 Å². The van der Waals surface area contributed by atoms with E-state index in [-0.39, 0.29) is 6.10 Å². The first-order valence-corrected chi connectivity index (χ1v) is 4.34. The molecule has 0 amide bonds. The molecule has 1 atom stereocenters. The van der Waals surface area contributed by atoms with Crippen LogP contribution in [-0.2, 0) is 4.74 Å². The summed E-state index contributed by atoms with van der Waals surface area (Å²) in [6, 6.07) is 0. The van der Waals surface area contributed by atoms with Crippen LogP contribution in [0.5, 0.6) is 0 Å². The molecule has 3 heteroatoms. The van der Waals surface area contributed by atoms with Crippen LogP contribution in [0, 0.1) is 0 Å². The zero-order valence-corrected chi connectivity index (χ0v) is 7.49. The molecule has 68 valence electrons. The summed E-state index contributed by atoms with van der Waals surface area (Å²) in [5, 5.41) is 0. The third-order valence-corrected chi connectivity index (χ3v) is 2.02. The average Bonchev–Trinajstić information content (AvgIpc) is 2.15. The third-order valence-electron chi connectivity index (χ3n) is 2.02. The van der Waals surface area contributed by atoms with Crippen molar-refractivity contribution in [3.05, 3.63) is 11.8 Å². The summed E-state index contributed by atoms with van der Waals surface area (Å²) >= 11 is 0. The Balaban J connectivity index is 2.52. The number of nitrogens with two attached hydrogens (primary N) is 1. The monoisotopic (exact) mass is 168 g/mol. The van der Waals surface area contributed by atoms with E-state index in [1.165, 1.54) is 6.42 Å². The fourth-order valence-electron chi connectivity index (χ4n) is 1.39. The van der Waals surface area contributed by atoms with E-state index in [2.05, 4.69) is 4.99 Å². The first-order chi connectivity index (χ1) is 5.88. The van der Waals surface area contributed by atoms with Crippen LogP contribution < -0.4 is 5.73 Å². The van der Waals surface area contributed by atoms with Crippen LogP contribution in [0.2, 0.25) is 0 Å². The van der Waals surface area contributed by atoms with E-state index < -0.39 is 0 Å². The summed E-state index contributed by atoms with van der Waals surface area (Å²) in [7, 11) is 1.74. The summed E-state index contributed by atoms with van der Waals surface area (Å²) in [6.07, 6.45) is 6.98. The fourth-order valence-corrected chi connectivity index (χ4v) is 1.39. The maximum Gasteiger partial charge on any atom is 0.0853 e. The van der Waals surface area contributed by atoms with Gasteiger partial charge in [0.2, 0.25) is 0 Å². The smallest absolute Gasteiger partial charge is 0.0853 e. The number of hydrogen-bond donors (Lipinski definition) is 1. The van der Waals surface area contributed by atoms with Crippen molar-refractivity contribution in [1.82, 2.24) is 0 Å². The lowest BCUT2D eigenvalue weighted by molar-refractivity contribution is 0.0430. The van der Waals surface area contributed by atoms with Gasteiger partial charge in [-0.05, 0) is 19.3 Å². The summed E-state index contributed by atoms with van der Waals surface area (Å²) in [6.45, 7) is 0.847. The van der Waals surface area contributed by atoms with Gasteiger partial charge in [-0.2, -0.15) is 0 Å². The van der Waals surface area contributed by atoms with Crippen LogP contribution in [0.1, 0.15) is 19.3 Å². The van der Waals surface area contributed by atoms with E-state index >= 15 is 0 Å². The topological polar surface area (TPSA) is 47.6 Å². The summed E-state index contributed by atoms with van der Waals surface area (Å²) < 4.78 is 5.54.